The van der Waals surface area contributed by atoms with E-state index in [1.807, 2.05) is 0 Å². The summed E-state index contributed by atoms with van der Waals surface area (Å²) < 4.78 is 2.54. The Morgan fingerprint density at radius 1 is 0.267 bits per heavy atom. The first-order valence-electron chi connectivity index (χ1n) is 21.1. The first-order valence-corrected chi connectivity index (χ1v) is 33.6. The summed E-state index contributed by atoms with van der Waals surface area (Å²) in [6, 6.07) is 99.8. The molecule has 1 fully saturated rings. The molecule has 286 valence electrons. The molecule has 1 nitrogen and oxygen atoms in total. The zero-order valence-corrected chi connectivity index (χ0v) is 37.7. The maximum atomic E-state index is 2.87. The minimum atomic E-state index is -3.09. The van der Waals surface area contributed by atoms with Crippen LogP contribution in [-0.4, -0.2) is 33.0 Å². The van der Waals surface area contributed by atoms with Crippen molar-refractivity contribution >= 4 is 86.5 Å². The largest absolute Gasteiger partial charge is 0.309 e. The molecule has 9 aromatic carbocycles. The normalized spacial score (nSPS) is 19.1. The maximum absolute atomic E-state index is 3.09. The van der Waals surface area contributed by atoms with Crippen LogP contribution in [0.5, 0.6) is 0 Å². The van der Waals surface area contributed by atoms with Gasteiger partial charge in [0.05, 0.1) is 18.1 Å². The molecular weight excluding hydrogens is 787 g/mol. The van der Waals surface area contributed by atoms with Crippen molar-refractivity contribution in [1.82, 2.24) is 4.57 Å². The Labute approximate surface area is 356 Å². The smallest absolute Gasteiger partial charge is 0.120 e. The zero-order chi connectivity index (χ0) is 40.2. The molecule has 0 bridgehead atoms. The second kappa shape index (κ2) is 14.4. The molecule has 0 radical (unpaired) electrons. The summed E-state index contributed by atoms with van der Waals surface area (Å²) in [5, 5.41) is 13.6. The Hall–Kier alpha value is -6.35. The van der Waals surface area contributed by atoms with E-state index >= 15 is 0 Å². The molecule has 5 heteroatoms. The molecular formula is C55H45NSi4. The standard InChI is InChI=1S/C55H45NSi4/c1-57(45-26-8-2-9-27-45)58(46-28-10-3-11-29-46,47-30-12-4-13-31-47)60(50-36-18-7-19-37-50,59(57,48-32-14-5-15-33-48)49-34-16-6-17-35-49)51-38-24-25-44(43-51)56-54-41-22-20-39-52(54)53-40-21-23-42-55(53)56/h2-43H,1H3. The molecule has 2 heterocycles. The van der Waals surface area contributed by atoms with Gasteiger partial charge in [-0.15, -0.1) is 0 Å². The Morgan fingerprint density at radius 3 is 0.950 bits per heavy atom. The van der Waals surface area contributed by atoms with Crippen molar-refractivity contribution in [1.29, 1.82) is 0 Å². The number of rotatable bonds is 8. The number of hydrogen-bond acceptors (Lipinski definition) is 0. The van der Waals surface area contributed by atoms with Crippen molar-refractivity contribution in [2.24, 2.45) is 0 Å². The molecule has 0 aliphatic carbocycles. The Balaban J connectivity index is 1.41. The predicted molar refractivity (Wildman–Crippen MR) is 266 cm³/mol. The van der Waals surface area contributed by atoms with E-state index in [9.17, 15) is 0 Å². The summed E-state index contributed by atoms with van der Waals surface area (Å²) in [6.45, 7) is 2.87. The van der Waals surface area contributed by atoms with Gasteiger partial charge >= 0.3 is 0 Å². The van der Waals surface area contributed by atoms with Gasteiger partial charge in [0.15, 0.2) is 0 Å². The number of hydrogen-bond donors (Lipinski definition) is 0. The van der Waals surface area contributed by atoms with Crippen LogP contribution in [0.25, 0.3) is 27.5 Å². The van der Waals surface area contributed by atoms with E-state index in [1.165, 1.54) is 27.5 Å². The average Bonchev–Trinajstić information content (AvgIpc) is 3.67. The fraction of sp³-hybridized carbons (Fsp3) is 0.0182. The molecule has 11 rings (SSSR count). The van der Waals surface area contributed by atoms with Gasteiger partial charge in [-0.1, -0.05) is 273 Å². The molecule has 10 aromatic rings. The number of aromatic nitrogens is 1. The van der Waals surface area contributed by atoms with Crippen LogP contribution in [-0.2, 0) is 0 Å². The molecule has 1 aromatic heterocycles. The van der Waals surface area contributed by atoms with E-state index in [0.717, 1.165) is 0 Å². The van der Waals surface area contributed by atoms with Gasteiger partial charge in [-0.25, -0.2) is 0 Å². The van der Waals surface area contributed by atoms with Gasteiger partial charge in [0.1, 0.15) is 21.3 Å². The third-order valence-electron chi connectivity index (χ3n) is 14.1. The van der Waals surface area contributed by atoms with Gasteiger partial charge in [0, 0.05) is 16.5 Å². The summed E-state index contributed by atoms with van der Waals surface area (Å²) >= 11 is 0. The van der Waals surface area contributed by atoms with Crippen molar-refractivity contribution in [2.75, 3.05) is 0 Å². The van der Waals surface area contributed by atoms with Gasteiger partial charge in [0.25, 0.3) is 0 Å². The lowest BCUT2D eigenvalue weighted by Crippen LogP contribution is -3.23. The molecule has 0 amide bonds. The predicted octanol–water partition coefficient (Wildman–Crippen LogP) is 8.19. The number of para-hydroxylation sites is 2. The van der Waals surface area contributed by atoms with Crippen LogP contribution in [0.4, 0.5) is 0 Å². The highest BCUT2D eigenvalue weighted by molar-refractivity contribution is 8.25. The lowest BCUT2D eigenvalue weighted by molar-refractivity contribution is 1.18. The summed E-state index contributed by atoms with van der Waals surface area (Å²) in [5.74, 6) is 0. The quantitative estimate of drug-likeness (QED) is 0.136. The summed E-state index contributed by atoms with van der Waals surface area (Å²) in [7, 11) is -11.7. The first kappa shape index (κ1) is 36.7. The van der Waals surface area contributed by atoms with Crippen LogP contribution in [0.2, 0.25) is 6.55 Å². The molecule has 1 saturated heterocycles. The summed E-state index contributed by atoms with van der Waals surface area (Å²) in [6.07, 6.45) is 0. The molecule has 1 aliphatic rings. The van der Waals surface area contributed by atoms with Gasteiger partial charge in [-0.3, -0.25) is 0 Å². The SMILES string of the molecule is C[Si]1(c2ccccc2)[Si](c2ccccc2)(c2ccccc2)[Si](c2ccccc2)(c2cccc(-n3c4ccccc4c4ccccc43)c2)[Si]1(c1ccccc1)c1ccccc1. The molecule has 1 aliphatic heterocycles. The Bertz CT molecular complexity index is 2880. The highest BCUT2D eigenvalue weighted by atomic mass is 30.2. The fourth-order valence-electron chi connectivity index (χ4n) is 12.4. The Kier molecular flexibility index (Phi) is 8.83. The van der Waals surface area contributed by atoms with E-state index in [2.05, 4.69) is 266 Å². The van der Waals surface area contributed by atoms with Crippen LogP contribution in [0, 0.1) is 0 Å². The van der Waals surface area contributed by atoms with Crippen LogP contribution >= 0.6 is 0 Å². The number of nitrogens with zero attached hydrogens (tertiary/aromatic N) is 1. The van der Waals surface area contributed by atoms with Crippen molar-refractivity contribution in [2.45, 2.75) is 6.55 Å². The van der Waals surface area contributed by atoms with Gasteiger partial charge in [-0.2, -0.15) is 0 Å². The number of fused-ring (bicyclic) bond motifs is 3. The van der Waals surface area contributed by atoms with Gasteiger partial charge in [-0.05, 0) is 24.3 Å². The van der Waals surface area contributed by atoms with Gasteiger partial charge < -0.3 is 4.57 Å². The van der Waals surface area contributed by atoms with E-state index < -0.39 is 28.4 Å². The topological polar surface area (TPSA) is 4.93 Å². The molecule has 0 N–H and O–H groups in total. The average molecular weight is 832 g/mol. The van der Waals surface area contributed by atoms with Crippen molar-refractivity contribution < 1.29 is 0 Å². The van der Waals surface area contributed by atoms with Crippen LogP contribution in [0.1, 0.15) is 0 Å². The third-order valence-corrected chi connectivity index (χ3v) is 94.2. The summed E-state index contributed by atoms with van der Waals surface area (Å²) in [5.41, 5.74) is 3.72. The maximum Gasteiger partial charge on any atom is 0.120 e. The lowest BCUT2D eigenvalue weighted by Gasteiger charge is -2.78. The van der Waals surface area contributed by atoms with Crippen LogP contribution < -0.4 is 36.3 Å². The van der Waals surface area contributed by atoms with Crippen molar-refractivity contribution in [3.05, 3.63) is 255 Å². The Morgan fingerprint density at radius 2 is 0.567 bits per heavy atom. The highest BCUT2D eigenvalue weighted by Gasteiger charge is 2.92. The van der Waals surface area contributed by atoms with E-state index in [1.54, 1.807) is 36.3 Å². The monoisotopic (exact) mass is 831 g/mol. The molecule has 60 heavy (non-hydrogen) atoms. The number of benzene rings is 9. The minimum Gasteiger partial charge on any atom is -0.309 e. The summed E-state index contributed by atoms with van der Waals surface area (Å²) in [4.78, 5) is 0. The molecule has 0 unspecified atom stereocenters. The highest BCUT2D eigenvalue weighted by Crippen LogP contribution is 2.50. The van der Waals surface area contributed by atoms with E-state index in [-0.39, 0.29) is 0 Å². The second-order valence-electron chi connectivity index (χ2n) is 16.5. The molecule has 0 atom stereocenters. The zero-order valence-electron chi connectivity index (χ0n) is 33.7. The lowest BCUT2D eigenvalue weighted by atomic mass is 10.2. The second-order valence-corrected chi connectivity index (χ2v) is 52.8. The minimum absolute atomic E-state index is 1.23. The van der Waals surface area contributed by atoms with Crippen molar-refractivity contribution in [3.8, 4) is 5.69 Å². The molecule has 0 spiro atoms. The first-order chi connectivity index (χ1) is 29.7. The van der Waals surface area contributed by atoms with Crippen LogP contribution in [0.3, 0.4) is 0 Å². The van der Waals surface area contributed by atoms with E-state index in [4.69, 9.17) is 0 Å². The van der Waals surface area contributed by atoms with Crippen LogP contribution in [0.15, 0.2) is 255 Å². The van der Waals surface area contributed by atoms with Gasteiger partial charge in [0.2, 0.25) is 0 Å². The fourth-order valence-corrected chi connectivity index (χ4v) is 136. The molecule has 0 saturated carbocycles. The van der Waals surface area contributed by atoms with E-state index in [0.29, 0.717) is 0 Å². The van der Waals surface area contributed by atoms with Crippen molar-refractivity contribution in [3.63, 3.8) is 0 Å². The third kappa shape index (κ3) is 4.71.